The lowest BCUT2D eigenvalue weighted by Gasteiger charge is -2.07. The van der Waals surface area contributed by atoms with Gasteiger partial charge >= 0.3 is 0 Å². The van der Waals surface area contributed by atoms with Crippen molar-refractivity contribution in [1.82, 2.24) is 9.97 Å². The number of rotatable bonds is 3. The zero-order valence-corrected chi connectivity index (χ0v) is 12.5. The molecule has 0 saturated carbocycles. The number of benzene rings is 2. The lowest BCUT2D eigenvalue weighted by atomic mass is 10.2. The number of ether oxygens (including phenoxy) is 1. The summed E-state index contributed by atoms with van der Waals surface area (Å²) >= 11 is 1.59. The first-order valence-electron chi connectivity index (χ1n) is 6.94. The van der Waals surface area contributed by atoms with Crippen LogP contribution < -0.4 is 4.74 Å². The average Bonchev–Trinajstić information content (AvgIpc) is 3.05. The van der Waals surface area contributed by atoms with Gasteiger partial charge in [-0.1, -0.05) is 48.5 Å². The first-order chi connectivity index (χ1) is 10.9. The topological polar surface area (TPSA) is 35.0 Å². The van der Waals surface area contributed by atoms with Crippen LogP contribution in [0.25, 0.3) is 21.6 Å². The van der Waals surface area contributed by atoms with Gasteiger partial charge in [-0.25, -0.2) is 4.98 Å². The van der Waals surface area contributed by atoms with Gasteiger partial charge in [-0.2, -0.15) is 4.98 Å². The van der Waals surface area contributed by atoms with E-state index in [-0.39, 0.29) is 0 Å². The third-order valence-corrected chi connectivity index (χ3v) is 4.15. The molecule has 0 atom stereocenters. The molecule has 2 aromatic heterocycles. The summed E-state index contributed by atoms with van der Waals surface area (Å²) in [5, 5.41) is 2.01. The zero-order chi connectivity index (χ0) is 14.8. The van der Waals surface area contributed by atoms with E-state index in [4.69, 9.17) is 4.74 Å². The number of nitrogens with zero attached hydrogens (tertiary/aromatic N) is 2. The number of aromatic nitrogens is 2. The van der Waals surface area contributed by atoms with E-state index in [0.29, 0.717) is 11.7 Å². The van der Waals surface area contributed by atoms with Crippen molar-refractivity contribution in [3.8, 4) is 23.0 Å². The Bertz CT molecular complexity index is 904. The van der Waals surface area contributed by atoms with Crippen LogP contribution in [0.15, 0.2) is 72.1 Å². The highest BCUT2D eigenvalue weighted by Crippen LogP contribution is 2.33. The van der Waals surface area contributed by atoms with Crippen molar-refractivity contribution in [1.29, 1.82) is 0 Å². The van der Waals surface area contributed by atoms with Crippen molar-refractivity contribution in [3.05, 3.63) is 72.1 Å². The Hall–Kier alpha value is -2.72. The van der Waals surface area contributed by atoms with Gasteiger partial charge in [-0.15, -0.1) is 11.3 Å². The van der Waals surface area contributed by atoms with Gasteiger partial charge in [0.25, 0.3) is 0 Å². The van der Waals surface area contributed by atoms with E-state index in [1.165, 1.54) is 0 Å². The third-order valence-electron chi connectivity index (χ3n) is 3.26. The van der Waals surface area contributed by atoms with Crippen molar-refractivity contribution >= 4 is 21.6 Å². The minimum absolute atomic E-state index is 0.602. The maximum absolute atomic E-state index is 5.97. The molecule has 0 amide bonds. The molecule has 2 heterocycles. The van der Waals surface area contributed by atoms with Crippen molar-refractivity contribution in [2.24, 2.45) is 0 Å². The van der Waals surface area contributed by atoms with E-state index in [1.807, 2.05) is 72.1 Å². The van der Waals surface area contributed by atoms with Crippen LogP contribution in [0.5, 0.6) is 11.6 Å². The van der Waals surface area contributed by atoms with Crippen LogP contribution in [0.4, 0.5) is 0 Å². The quantitative estimate of drug-likeness (QED) is 0.525. The molecule has 0 aliphatic heterocycles. The minimum Gasteiger partial charge on any atom is -0.437 e. The summed E-state index contributed by atoms with van der Waals surface area (Å²) in [7, 11) is 0. The van der Waals surface area contributed by atoms with Gasteiger partial charge in [-0.05, 0) is 23.6 Å². The normalized spacial score (nSPS) is 10.7. The molecule has 4 rings (SSSR count). The molecule has 2 aromatic carbocycles. The molecule has 0 radical (unpaired) electrons. The fourth-order valence-corrected chi connectivity index (χ4v) is 2.98. The first kappa shape index (κ1) is 13.0. The standard InChI is InChI=1S/C18H12N2OS/c1-3-7-13(8-4-1)17-19-15-11-12-22-16(15)18(20-17)21-14-9-5-2-6-10-14/h1-12H. The molecule has 0 spiro atoms. The van der Waals surface area contributed by atoms with Crippen LogP contribution in [0.3, 0.4) is 0 Å². The molecule has 4 aromatic rings. The van der Waals surface area contributed by atoms with E-state index in [1.54, 1.807) is 11.3 Å². The molecule has 0 saturated heterocycles. The van der Waals surface area contributed by atoms with Crippen molar-refractivity contribution in [2.45, 2.75) is 0 Å². The maximum atomic E-state index is 5.97. The van der Waals surface area contributed by atoms with Gasteiger partial charge in [0, 0.05) is 5.56 Å². The Morgan fingerprint density at radius 3 is 2.27 bits per heavy atom. The van der Waals surface area contributed by atoms with Gasteiger partial charge in [0.1, 0.15) is 10.4 Å². The van der Waals surface area contributed by atoms with Crippen LogP contribution in [-0.2, 0) is 0 Å². The van der Waals surface area contributed by atoms with Crippen molar-refractivity contribution in [3.63, 3.8) is 0 Å². The van der Waals surface area contributed by atoms with Crippen LogP contribution in [-0.4, -0.2) is 9.97 Å². The summed E-state index contributed by atoms with van der Waals surface area (Å²) in [6.07, 6.45) is 0. The molecule has 0 aliphatic carbocycles. The lowest BCUT2D eigenvalue weighted by molar-refractivity contribution is 0.470. The molecule has 0 unspecified atom stereocenters. The van der Waals surface area contributed by atoms with Gasteiger partial charge in [0.05, 0.1) is 5.52 Å². The zero-order valence-electron chi connectivity index (χ0n) is 11.6. The Labute approximate surface area is 131 Å². The van der Waals surface area contributed by atoms with Crippen LogP contribution >= 0.6 is 11.3 Å². The SMILES string of the molecule is c1ccc(Oc2nc(-c3ccccc3)nc3ccsc23)cc1. The number of hydrogen-bond donors (Lipinski definition) is 0. The molecule has 0 N–H and O–H groups in total. The predicted octanol–water partition coefficient (Wildman–Crippen LogP) is 5.15. The van der Waals surface area contributed by atoms with E-state index in [9.17, 15) is 0 Å². The summed E-state index contributed by atoms with van der Waals surface area (Å²) < 4.78 is 6.93. The van der Waals surface area contributed by atoms with E-state index < -0.39 is 0 Å². The fourth-order valence-electron chi connectivity index (χ4n) is 2.22. The van der Waals surface area contributed by atoms with Crippen molar-refractivity contribution < 1.29 is 4.74 Å². The van der Waals surface area contributed by atoms with Gasteiger partial charge in [0.15, 0.2) is 5.82 Å². The molecule has 0 fully saturated rings. The fraction of sp³-hybridized carbons (Fsp3) is 0. The second-order valence-corrected chi connectivity index (χ2v) is 5.68. The molecule has 22 heavy (non-hydrogen) atoms. The summed E-state index contributed by atoms with van der Waals surface area (Å²) in [6.45, 7) is 0. The lowest BCUT2D eigenvalue weighted by Crippen LogP contribution is -1.94. The Kier molecular flexibility index (Phi) is 3.29. The monoisotopic (exact) mass is 304 g/mol. The molecule has 4 heteroatoms. The largest absolute Gasteiger partial charge is 0.437 e. The summed E-state index contributed by atoms with van der Waals surface area (Å²) in [4.78, 5) is 9.24. The Balaban J connectivity index is 1.84. The smallest absolute Gasteiger partial charge is 0.240 e. The molecule has 0 bridgehead atoms. The van der Waals surface area contributed by atoms with E-state index in [2.05, 4.69) is 9.97 Å². The number of hydrogen-bond acceptors (Lipinski definition) is 4. The van der Waals surface area contributed by atoms with Crippen molar-refractivity contribution in [2.75, 3.05) is 0 Å². The highest BCUT2D eigenvalue weighted by molar-refractivity contribution is 7.17. The van der Waals surface area contributed by atoms with Gasteiger partial charge in [-0.3, -0.25) is 0 Å². The molecule has 3 nitrogen and oxygen atoms in total. The summed E-state index contributed by atoms with van der Waals surface area (Å²) in [5.74, 6) is 2.05. The second-order valence-electron chi connectivity index (χ2n) is 4.77. The second kappa shape index (κ2) is 5.58. The Morgan fingerprint density at radius 2 is 1.50 bits per heavy atom. The molecular weight excluding hydrogens is 292 g/mol. The van der Waals surface area contributed by atoms with E-state index in [0.717, 1.165) is 21.5 Å². The van der Waals surface area contributed by atoms with Gasteiger partial charge < -0.3 is 4.74 Å². The van der Waals surface area contributed by atoms with Crippen LogP contribution in [0, 0.1) is 0 Å². The third kappa shape index (κ3) is 2.44. The number of para-hydroxylation sites is 1. The number of fused-ring (bicyclic) bond motifs is 1. The van der Waals surface area contributed by atoms with E-state index >= 15 is 0 Å². The highest BCUT2D eigenvalue weighted by atomic mass is 32.1. The maximum Gasteiger partial charge on any atom is 0.240 e. The molecule has 106 valence electrons. The minimum atomic E-state index is 0.602. The highest BCUT2D eigenvalue weighted by Gasteiger charge is 2.12. The number of thiophene rings is 1. The summed E-state index contributed by atoms with van der Waals surface area (Å²) in [5.41, 5.74) is 1.89. The molecule has 0 aliphatic rings. The average molecular weight is 304 g/mol. The van der Waals surface area contributed by atoms with Crippen LogP contribution in [0.2, 0.25) is 0 Å². The Morgan fingerprint density at radius 1 is 0.773 bits per heavy atom. The first-order valence-corrected chi connectivity index (χ1v) is 7.82. The van der Waals surface area contributed by atoms with Crippen LogP contribution in [0.1, 0.15) is 0 Å². The van der Waals surface area contributed by atoms with Gasteiger partial charge in [0.2, 0.25) is 5.88 Å². The summed E-state index contributed by atoms with van der Waals surface area (Å²) in [6, 6.07) is 21.6. The molecular formula is C18H12N2OS. The predicted molar refractivity (Wildman–Crippen MR) is 89.4 cm³/mol.